The molecular weight excluding hydrogens is 268 g/mol. The quantitative estimate of drug-likeness (QED) is 0.840. The van der Waals surface area contributed by atoms with E-state index in [-0.39, 0.29) is 11.4 Å². The SMILES string of the molecule is COc1ccc(CCN)cc1OC(C)C(=O)NC(C)(C)C. The second kappa shape index (κ2) is 7.31. The zero-order valence-corrected chi connectivity index (χ0v) is 13.5. The highest BCUT2D eigenvalue weighted by atomic mass is 16.5. The number of carbonyl (C=O) groups is 1. The maximum Gasteiger partial charge on any atom is 0.261 e. The van der Waals surface area contributed by atoms with Crippen LogP contribution in [0.5, 0.6) is 11.5 Å². The van der Waals surface area contributed by atoms with Gasteiger partial charge in [0.25, 0.3) is 5.91 Å². The molecule has 1 aromatic rings. The number of nitrogens with two attached hydrogens (primary N) is 1. The molecule has 0 fully saturated rings. The summed E-state index contributed by atoms with van der Waals surface area (Å²) in [6, 6.07) is 5.64. The molecule has 1 rings (SSSR count). The lowest BCUT2D eigenvalue weighted by atomic mass is 10.1. The first-order valence-electron chi connectivity index (χ1n) is 7.12. The molecule has 0 saturated carbocycles. The van der Waals surface area contributed by atoms with Gasteiger partial charge in [0.05, 0.1) is 7.11 Å². The summed E-state index contributed by atoms with van der Waals surface area (Å²) < 4.78 is 11.0. The molecule has 0 aliphatic rings. The van der Waals surface area contributed by atoms with Crippen molar-refractivity contribution < 1.29 is 14.3 Å². The van der Waals surface area contributed by atoms with Gasteiger partial charge in [0.15, 0.2) is 17.6 Å². The summed E-state index contributed by atoms with van der Waals surface area (Å²) in [5.41, 5.74) is 6.32. The molecule has 21 heavy (non-hydrogen) atoms. The molecule has 0 aliphatic heterocycles. The van der Waals surface area contributed by atoms with E-state index in [1.807, 2.05) is 39.0 Å². The van der Waals surface area contributed by atoms with Crippen LogP contribution in [0, 0.1) is 0 Å². The number of amides is 1. The molecule has 1 unspecified atom stereocenters. The summed E-state index contributed by atoms with van der Waals surface area (Å²) in [6.07, 6.45) is 0.148. The monoisotopic (exact) mass is 294 g/mol. The Hall–Kier alpha value is -1.75. The Bertz CT molecular complexity index is 481. The van der Waals surface area contributed by atoms with Crippen LogP contribution in [0.3, 0.4) is 0 Å². The van der Waals surface area contributed by atoms with E-state index < -0.39 is 6.10 Å². The largest absolute Gasteiger partial charge is 0.493 e. The van der Waals surface area contributed by atoms with E-state index in [2.05, 4.69) is 5.32 Å². The van der Waals surface area contributed by atoms with Gasteiger partial charge in [-0.3, -0.25) is 4.79 Å². The molecule has 5 nitrogen and oxygen atoms in total. The fraction of sp³-hybridized carbons (Fsp3) is 0.562. The van der Waals surface area contributed by atoms with Gasteiger partial charge >= 0.3 is 0 Å². The standard InChI is InChI=1S/C16H26N2O3/c1-11(15(19)18-16(2,3)4)21-14-10-12(8-9-17)6-7-13(14)20-5/h6-7,10-11H,8-9,17H2,1-5H3,(H,18,19). The van der Waals surface area contributed by atoms with Crippen molar-refractivity contribution in [1.82, 2.24) is 5.32 Å². The molecule has 0 heterocycles. The van der Waals surface area contributed by atoms with E-state index >= 15 is 0 Å². The minimum atomic E-state index is -0.605. The second-order valence-electron chi connectivity index (χ2n) is 6.02. The zero-order valence-electron chi connectivity index (χ0n) is 13.5. The van der Waals surface area contributed by atoms with Crippen molar-refractivity contribution in [1.29, 1.82) is 0 Å². The number of methoxy groups -OCH3 is 1. The van der Waals surface area contributed by atoms with Gasteiger partial charge in [0.1, 0.15) is 0 Å². The molecule has 1 atom stereocenters. The molecule has 5 heteroatoms. The Morgan fingerprint density at radius 1 is 1.33 bits per heavy atom. The van der Waals surface area contributed by atoms with Gasteiger partial charge < -0.3 is 20.5 Å². The highest BCUT2D eigenvalue weighted by Gasteiger charge is 2.21. The lowest BCUT2D eigenvalue weighted by Crippen LogP contribution is -2.46. The Balaban J connectivity index is 2.84. The highest BCUT2D eigenvalue weighted by molar-refractivity contribution is 5.81. The first-order chi connectivity index (χ1) is 9.76. The van der Waals surface area contributed by atoms with Gasteiger partial charge in [0, 0.05) is 5.54 Å². The van der Waals surface area contributed by atoms with Gasteiger partial charge in [-0.05, 0) is 58.4 Å². The number of carbonyl (C=O) groups excluding carboxylic acids is 1. The van der Waals surface area contributed by atoms with Gasteiger partial charge in [-0.25, -0.2) is 0 Å². The number of hydrogen-bond donors (Lipinski definition) is 2. The van der Waals surface area contributed by atoms with E-state index in [0.717, 1.165) is 12.0 Å². The third-order valence-corrected chi connectivity index (χ3v) is 2.83. The van der Waals surface area contributed by atoms with Gasteiger partial charge in [-0.2, -0.15) is 0 Å². The van der Waals surface area contributed by atoms with Crippen molar-refractivity contribution in [3.05, 3.63) is 23.8 Å². The van der Waals surface area contributed by atoms with Crippen LogP contribution in [0.15, 0.2) is 18.2 Å². The second-order valence-corrected chi connectivity index (χ2v) is 6.02. The number of rotatable bonds is 6. The fourth-order valence-corrected chi connectivity index (χ4v) is 1.85. The van der Waals surface area contributed by atoms with Crippen molar-refractivity contribution in [2.75, 3.05) is 13.7 Å². The van der Waals surface area contributed by atoms with Crippen LogP contribution < -0.4 is 20.5 Å². The van der Waals surface area contributed by atoms with Crippen molar-refractivity contribution in [2.24, 2.45) is 5.73 Å². The molecule has 1 amide bonds. The lowest BCUT2D eigenvalue weighted by Gasteiger charge is -2.24. The molecule has 0 saturated heterocycles. The number of hydrogen-bond acceptors (Lipinski definition) is 4. The third kappa shape index (κ3) is 5.63. The summed E-state index contributed by atoms with van der Waals surface area (Å²) in [6.45, 7) is 8.07. The summed E-state index contributed by atoms with van der Waals surface area (Å²) in [7, 11) is 1.57. The Labute approximate surface area is 126 Å². The summed E-state index contributed by atoms with van der Waals surface area (Å²) in [4.78, 5) is 12.1. The lowest BCUT2D eigenvalue weighted by molar-refractivity contribution is -0.128. The molecule has 0 radical (unpaired) electrons. The predicted octanol–water partition coefficient (Wildman–Crippen LogP) is 1.88. The van der Waals surface area contributed by atoms with Crippen LogP contribution in [0.2, 0.25) is 0 Å². The molecule has 0 aromatic heterocycles. The average molecular weight is 294 g/mol. The van der Waals surface area contributed by atoms with Crippen LogP contribution in [0.1, 0.15) is 33.3 Å². The smallest absolute Gasteiger partial charge is 0.261 e. The zero-order chi connectivity index (χ0) is 16.0. The van der Waals surface area contributed by atoms with E-state index in [1.54, 1.807) is 14.0 Å². The minimum absolute atomic E-state index is 0.159. The van der Waals surface area contributed by atoms with Gasteiger partial charge in [-0.15, -0.1) is 0 Å². The van der Waals surface area contributed by atoms with Crippen molar-refractivity contribution >= 4 is 5.91 Å². The van der Waals surface area contributed by atoms with Crippen LogP contribution >= 0.6 is 0 Å². The number of nitrogens with one attached hydrogen (secondary N) is 1. The molecule has 0 spiro atoms. The normalized spacial score (nSPS) is 12.7. The fourth-order valence-electron chi connectivity index (χ4n) is 1.85. The van der Waals surface area contributed by atoms with E-state index in [4.69, 9.17) is 15.2 Å². The minimum Gasteiger partial charge on any atom is -0.493 e. The van der Waals surface area contributed by atoms with E-state index in [9.17, 15) is 4.79 Å². The third-order valence-electron chi connectivity index (χ3n) is 2.83. The van der Waals surface area contributed by atoms with E-state index in [0.29, 0.717) is 18.0 Å². The molecule has 3 N–H and O–H groups in total. The van der Waals surface area contributed by atoms with Crippen LogP contribution in [-0.4, -0.2) is 31.2 Å². The number of benzene rings is 1. The van der Waals surface area contributed by atoms with Crippen molar-refractivity contribution in [3.8, 4) is 11.5 Å². The number of ether oxygens (including phenoxy) is 2. The van der Waals surface area contributed by atoms with Crippen molar-refractivity contribution in [3.63, 3.8) is 0 Å². The molecular formula is C16H26N2O3. The maximum atomic E-state index is 12.1. The molecule has 1 aromatic carbocycles. The first kappa shape index (κ1) is 17.3. The summed E-state index contributed by atoms with van der Waals surface area (Å²) >= 11 is 0. The molecule has 0 aliphatic carbocycles. The van der Waals surface area contributed by atoms with Gasteiger partial charge in [0.2, 0.25) is 0 Å². The predicted molar refractivity (Wildman–Crippen MR) is 83.7 cm³/mol. The van der Waals surface area contributed by atoms with Gasteiger partial charge in [-0.1, -0.05) is 6.07 Å². The van der Waals surface area contributed by atoms with Crippen LogP contribution in [0.25, 0.3) is 0 Å². The van der Waals surface area contributed by atoms with E-state index in [1.165, 1.54) is 0 Å². The van der Waals surface area contributed by atoms with Crippen molar-refractivity contribution in [2.45, 2.75) is 45.8 Å². The summed E-state index contributed by atoms with van der Waals surface area (Å²) in [5.74, 6) is 1.000. The molecule has 118 valence electrons. The Morgan fingerprint density at radius 3 is 2.52 bits per heavy atom. The van der Waals surface area contributed by atoms with Crippen LogP contribution in [0.4, 0.5) is 0 Å². The topological polar surface area (TPSA) is 73.6 Å². The Morgan fingerprint density at radius 2 is 2.00 bits per heavy atom. The summed E-state index contributed by atoms with van der Waals surface area (Å²) in [5, 5.41) is 2.89. The first-order valence-corrected chi connectivity index (χ1v) is 7.12. The average Bonchev–Trinajstić information content (AvgIpc) is 2.37. The Kier molecular flexibility index (Phi) is 6.03. The highest BCUT2D eigenvalue weighted by Crippen LogP contribution is 2.29. The van der Waals surface area contributed by atoms with Crippen LogP contribution in [-0.2, 0) is 11.2 Å². The maximum absolute atomic E-state index is 12.1. The molecule has 0 bridgehead atoms.